The van der Waals surface area contributed by atoms with Crippen molar-refractivity contribution in [1.29, 1.82) is 0 Å². The number of pyridine rings is 1. The van der Waals surface area contributed by atoms with E-state index in [1.54, 1.807) is 16.8 Å². The van der Waals surface area contributed by atoms with Crippen LogP contribution in [0.15, 0.2) is 18.3 Å². The maximum Gasteiger partial charge on any atom is 0.180 e. The first kappa shape index (κ1) is 12.6. The number of ketones is 1. The third-order valence-corrected chi connectivity index (χ3v) is 3.25. The predicted molar refractivity (Wildman–Crippen MR) is 72.3 cm³/mol. The van der Waals surface area contributed by atoms with Gasteiger partial charge in [0.05, 0.1) is 26.6 Å². The minimum atomic E-state index is -0.212. The molecule has 0 saturated carbocycles. The highest BCUT2D eigenvalue weighted by Crippen LogP contribution is 2.22. The Bertz CT molecular complexity index is 577. The molecule has 3 nitrogen and oxygen atoms in total. The van der Waals surface area contributed by atoms with Crippen molar-refractivity contribution in [3.63, 3.8) is 0 Å². The van der Waals surface area contributed by atoms with Crippen molar-refractivity contribution in [3.05, 3.63) is 34.6 Å². The molecule has 1 unspecified atom stereocenters. The van der Waals surface area contributed by atoms with E-state index in [1.807, 2.05) is 19.9 Å². The Labute approximate surface area is 113 Å². The quantitative estimate of drug-likeness (QED) is 0.641. The number of hydrogen-bond donors (Lipinski definition) is 0. The molecule has 0 bridgehead atoms. The third kappa shape index (κ3) is 2.24. The summed E-state index contributed by atoms with van der Waals surface area (Å²) in [6, 6.07) is 3.60. The number of fused-ring (bicyclic) bond motifs is 1. The molecule has 90 valence electrons. The van der Waals surface area contributed by atoms with Crippen LogP contribution in [0.4, 0.5) is 0 Å². The number of carbonyl (C=O) groups is 1. The summed E-state index contributed by atoms with van der Waals surface area (Å²) in [5.41, 5.74) is 2.31. The molecular weight excluding hydrogens is 304 g/mol. The third-order valence-electron chi connectivity index (χ3n) is 2.61. The zero-order valence-electron chi connectivity index (χ0n) is 9.58. The molecule has 2 aromatic heterocycles. The van der Waals surface area contributed by atoms with E-state index >= 15 is 0 Å². The van der Waals surface area contributed by atoms with E-state index in [2.05, 4.69) is 21.0 Å². The SMILES string of the molecule is CCc1nn2cc(Cl)ccc2c1C(=O)C(C)Br. The van der Waals surface area contributed by atoms with Gasteiger partial charge in [-0.1, -0.05) is 34.5 Å². The second kappa shape index (κ2) is 4.78. The fourth-order valence-corrected chi connectivity index (χ4v) is 2.17. The van der Waals surface area contributed by atoms with Crippen LogP contribution in [0.3, 0.4) is 0 Å². The average Bonchev–Trinajstić information content (AvgIpc) is 2.65. The normalized spacial score (nSPS) is 12.9. The van der Waals surface area contributed by atoms with Gasteiger partial charge in [0.15, 0.2) is 5.78 Å². The lowest BCUT2D eigenvalue weighted by Gasteiger charge is -2.02. The van der Waals surface area contributed by atoms with Crippen molar-refractivity contribution in [2.75, 3.05) is 0 Å². The van der Waals surface area contributed by atoms with Gasteiger partial charge in [0.25, 0.3) is 0 Å². The molecular formula is C12H12BrClN2O. The average molecular weight is 316 g/mol. The number of alkyl halides is 1. The molecule has 2 aromatic rings. The van der Waals surface area contributed by atoms with Gasteiger partial charge in [-0.05, 0) is 25.5 Å². The molecule has 1 atom stereocenters. The highest BCUT2D eigenvalue weighted by Gasteiger charge is 2.21. The van der Waals surface area contributed by atoms with Gasteiger partial charge < -0.3 is 0 Å². The minimum Gasteiger partial charge on any atom is -0.293 e. The molecule has 0 saturated heterocycles. The lowest BCUT2D eigenvalue weighted by atomic mass is 10.1. The Morgan fingerprint density at radius 3 is 2.88 bits per heavy atom. The van der Waals surface area contributed by atoms with E-state index in [0.717, 1.165) is 17.6 Å². The van der Waals surface area contributed by atoms with Gasteiger partial charge in [0.1, 0.15) is 0 Å². The molecule has 17 heavy (non-hydrogen) atoms. The zero-order chi connectivity index (χ0) is 12.6. The summed E-state index contributed by atoms with van der Waals surface area (Å²) in [5.74, 6) is 0.0548. The molecule has 5 heteroatoms. The standard InChI is InChI=1S/C12H12BrClN2O/c1-3-9-11(12(17)7(2)13)10-5-4-8(14)6-16(10)15-9/h4-7H,3H2,1-2H3. The van der Waals surface area contributed by atoms with Gasteiger partial charge in [-0.3, -0.25) is 4.79 Å². The molecule has 0 N–H and O–H groups in total. The molecule has 2 heterocycles. The van der Waals surface area contributed by atoms with Crippen molar-refractivity contribution in [2.45, 2.75) is 25.1 Å². The first-order valence-corrected chi connectivity index (χ1v) is 6.69. The monoisotopic (exact) mass is 314 g/mol. The minimum absolute atomic E-state index is 0.0548. The number of carbonyl (C=O) groups excluding carboxylic acids is 1. The maximum absolute atomic E-state index is 12.2. The van der Waals surface area contributed by atoms with E-state index < -0.39 is 0 Å². The highest BCUT2D eigenvalue weighted by molar-refractivity contribution is 9.10. The van der Waals surface area contributed by atoms with Gasteiger partial charge in [-0.25, -0.2) is 4.52 Å². The van der Waals surface area contributed by atoms with Crippen LogP contribution in [0.25, 0.3) is 5.52 Å². The Kier molecular flexibility index (Phi) is 3.54. The van der Waals surface area contributed by atoms with Crippen molar-refractivity contribution < 1.29 is 4.79 Å². The fourth-order valence-electron chi connectivity index (χ4n) is 1.79. The summed E-state index contributed by atoms with van der Waals surface area (Å²) in [4.78, 5) is 11.9. The van der Waals surface area contributed by atoms with Gasteiger partial charge in [-0.15, -0.1) is 0 Å². The van der Waals surface area contributed by atoms with Gasteiger partial charge in [-0.2, -0.15) is 5.10 Å². The number of aromatic nitrogens is 2. The van der Waals surface area contributed by atoms with E-state index in [0.29, 0.717) is 10.6 Å². The summed E-state index contributed by atoms with van der Waals surface area (Å²) in [6.07, 6.45) is 2.44. The van der Waals surface area contributed by atoms with Crippen LogP contribution in [-0.4, -0.2) is 20.2 Å². The number of nitrogens with zero attached hydrogens (tertiary/aromatic N) is 2. The predicted octanol–water partition coefficient (Wildman–Crippen LogP) is 3.52. The summed E-state index contributed by atoms with van der Waals surface area (Å²) in [5, 5.41) is 4.99. The number of rotatable bonds is 3. The van der Waals surface area contributed by atoms with Gasteiger partial charge >= 0.3 is 0 Å². The molecule has 0 aliphatic rings. The van der Waals surface area contributed by atoms with Gasteiger partial charge in [0, 0.05) is 6.20 Å². The number of hydrogen-bond acceptors (Lipinski definition) is 2. The van der Waals surface area contributed by atoms with E-state index in [9.17, 15) is 4.79 Å². The fraction of sp³-hybridized carbons (Fsp3) is 0.333. The lowest BCUT2D eigenvalue weighted by molar-refractivity contribution is 0.0996. The van der Waals surface area contributed by atoms with Crippen LogP contribution in [-0.2, 0) is 6.42 Å². The Morgan fingerprint density at radius 1 is 1.59 bits per heavy atom. The zero-order valence-corrected chi connectivity index (χ0v) is 11.9. The van der Waals surface area contributed by atoms with Gasteiger partial charge in [0.2, 0.25) is 0 Å². The molecule has 0 amide bonds. The first-order chi connectivity index (χ1) is 8.04. The lowest BCUT2D eigenvalue weighted by Crippen LogP contribution is -2.11. The Balaban J connectivity index is 2.71. The van der Waals surface area contributed by atoms with Crippen LogP contribution in [0.1, 0.15) is 29.9 Å². The molecule has 0 radical (unpaired) electrons. The van der Waals surface area contributed by atoms with Crippen LogP contribution < -0.4 is 0 Å². The molecule has 0 fully saturated rings. The number of aryl methyl sites for hydroxylation is 1. The molecule has 0 aliphatic heterocycles. The largest absolute Gasteiger partial charge is 0.293 e. The summed E-state index contributed by atoms with van der Waals surface area (Å²) >= 11 is 9.22. The number of Topliss-reactive ketones (excluding diaryl/α,β-unsaturated/α-hetero) is 1. The van der Waals surface area contributed by atoms with Crippen LogP contribution in [0.2, 0.25) is 5.02 Å². The highest BCUT2D eigenvalue weighted by atomic mass is 79.9. The smallest absolute Gasteiger partial charge is 0.180 e. The van der Waals surface area contributed by atoms with Crippen LogP contribution in [0.5, 0.6) is 0 Å². The van der Waals surface area contributed by atoms with E-state index in [-0.39, 0.29) is 10.6 Å². The second-order valence-corrected chi connectivity index (χ2v) is 5.64. The molecule has 0 spiro atoms. The van der Waals surface area contributed by atoms with E-state index in [4.69, 9.17) is 11.6 Å². The summed E-state index contributed by atoms with van der Waals surface area (Å²) < 4.78 is 1.67. The summed E-state index contributed by atoms with van der Waals surface area (Å²) in [6.45, 7) is 3.81. The van der Waals surface area contributed by atoms with Crippen molar-refractivity contribution in [1.82, 2.24) is 9.61 Å². The van der Waals surface area contributed by atoms with Crippen molar-refractivity contribution in [3.8, 4) is 0 Å². The van der Waals surface area contributed by atoms with Crippen LogP contribution in [0, 0.1) is 0 Å². The Morgan fingerprint density at radius 2 is 2.29 bits per heavy atom. The number of halogens is 2. The summed E-state index contributed by atoms with van der Waals surface area (Å²) in [7, 11) is 0. The molecule has 2 rings (SSSR count). The van der Waals surface area contributed by atoms with Crippen molar-refractivity contribution >= 4 is 38.8 Å². The van der Waals surface area contributed by atoms with Crippen LogP contribution >= 0.6 is 27.5 Å². The molecule has 0 aliphatic carbocycles. The molecule has 0 aromatic carbocycles. The first-order valence-electron chi connectivity index (χ1n) is 5.39. The topological polar surface area (TPSA) is 34.4 Å². The Hall–Kier alpha value is -0.870. The second-order valence-electron chi connectivity index (χ2n) is 3.83. The van der Waals surface area contributed by atoms with Crippen molar-refractivity contribution in [2.24, 2.45) is 0 Å². The maximum atomic E-state index is 12.2. The van der Waals surface area contributed by atoms with E-state index in [1.165, 1.54) is 0 Å².